The first-order valence-corrected chi connectivity index (χ1v) is 6.38. The van der Waals surface area contributed by atoms with Gasteiger partial charge in [0.1, 0.15) is 4.88 Å². The van der Waals surface area contributed by atoms with Crippen molar-refractivity contribution in [3.63, 3.8) is 0 Å². The molecule has 0 spiro atoms. The van der Waals surface area contributed by atoms with Crippen LogP contribution in [0.5, 0.6) is 0 Å². The number of carboxylic acid groups (broad SMARTS) is 1. The first kappa shape index (κ1) is 13.0. The Morgan fingerprint density at radius 2 is 2.06 bits per heavy atom. The van der Waals surface area contributed by atoms with Gasteiger partial charge in [-0.3, -0.25) is 0 Å². The molecule has 0 saturated carbocycles. The molecule has 0 atom stereocenters. The zero-order valence-corrected chi connectivity index (χ0v) is 11.0. The monoisotopic (exact) mass is 241 g/mol. The second-order valence-electron chi connectivity index (χ2n) is 4.61. The van der Waals surface area contributed by atoms with Crippen molar-refractivity contribution in [3.05, 3.63) is 16.3 Å². The number of hydrogen-bond acceptors (Lipinski definition) is 3. The van der Waals surface area contributed by atoms with E-state index in [0.29, 0.717) is 16.8 Å². The van der Waals surface area contributed by atoms with Gasteiger partial charge in [0.25, 0.3) is 0 Å². The number of thiophene rings is 1. The molecular formula is C12H19NO2S. The summed E-state index contributed by atoms with van der Waals surface area (Å²) in [6, 6.07) is 2.15. The number of carbonyl (C=O) groups is 1. The average molecular weight is 241 g/mol. The summed E-state index contributed by atoms with van der Waals surface area (Å²) in [6.07, 6.45) is 0. The predicted octanol–water partition coefficient (Wildman–Crippen LogP) is 3.32. The van der Waals surface area contributed by atoms with E-state index >= 15 is 0 Å². The van der Waals surface area contributed by atoms with Crippen LogP contribution in [0, 0.1) is 5.92 Å². The number of anilines is 1. The minimum atomic E-state index is -0.843. The number of nitrogens with zero attached hydrogens (tertiary/aromatic N) is 1. The average Bonchev–Trinajstić information content (AvgIpc) is 2.61. The molecule has 4 heteroatoms. The van der Waals surface area contributed by atoms with E-state index < -0.39 is 5.97 Å². The van der Waals surface area contributed by atoms with Gasteiger partial charge in [0.2, 0.25) is 0 Å². The molecule has 1 rings (SSSR count). The van der Waals surface area contributed by atoms with Crippen LogP contribution in [0.15, 0.2) is 11.4 Å². The molecule has 16 heavy (non-hydrogen) atoms. The van der Waals surface area contributed by atoms with Gasteiger partial charge < -0.3 is 10.0 Å². The lowest BCUT2D eigenvalue weighted by atomic mass is 10.1. The fourth-order valence-corrected chi connectivity index (χ4v) is 2.34. The summed E-state index contributed by atoms with van der Waals surface area (Å²) in [6.45, 7) is 9.54. The van der Waals surface area contributed by atoms with Crippen molar-refractivity contribution in [2.75, 3.05) is 11.4 Å². The highest BCUT2D eigenvalue weighted by Crippen LogP contribution is 2.25. The van der Waals surface area contributed by atoms with Crippen LogP contribution >= 0.6 is 11.3 Å². The largest absolute Gasteiger partial charge is 0.477 e. The Balaban J connectivity index is 2.88. The van der Waals surface area contributed by atoms with Gasteiger partial charge in [-0.2, -0.15) is 0 Å². The number of aromatic carboxylic acids is 1. The van der Waals surface area contributed by atoms with Gasteiger partial charge in [-0.1, -0.05) is 13.8 Å². The SMILES string of the molecule is CC(C)CN(c1csc(C(=O)O)c1)C(C)C. The Hall–Kier alpha value is -1.03. The zero-order valence-electron chi connectivity index (χ0n) is 10.2. The van der Waals surface area contributed by atoms with Crippen molar-refractivity contribution in [1.82, 2.24) is 0 Å². The third-order valence-corrected chi connectivity index (χ3v) is 3.22. The van der Waals surface area contributed by atoms with E-state index in [0.717, 1.165) is 12.2 Å². The summed E-state index contributed by atoms with van der Waals surface area (Å²) in [5.41, 5.74) is 1.02. The van der Waals surface area contributed by atoms with Gasteiger partial charge in [0, 0.05) is 23.7 Å². The molecule has 0 aliphatic rings. The molecule has 0 bridgehead atoms. The van der Waals surface area contributed by atoms with Crippen LogP contribution in [0.1, 0.15) is 37.4 Å². The lowest BCUT2D eigenvalue weighted by Crippen LogP contribution is -2.33. The quantitative estimate of drug-likeness (QED) is 0.859. The Morgan fingerprint density at radius 3 is 2.44 bits per heavy atom. The molecule has 3 nitrogen and oxygen atoms in total. The van der Waals surface area contributed by atoms with Gasteiger partial charge >= 0.3 is 5.97 Å². The lowest BCUT2D eigenvalue weighted by Gasteiger charge is -2.29. The van der Waals surface area contributed by atoms with E-state index in [9.17, 15) is 4.79 Å². The van der Waals surface area contributed by atoms with Crippen molar-refractivity contribution in [1.29, 1.82) is 0 Å². The minimum absolute atomic E-state index is 0.388. The molecule has 0 radical (unpaired) electrons. The number of hydrogen-bond donors (Lipinski definition) is 1. The maximum absolute atomic E-state index is 10.8. The molecule has 90 valence electrons. The molecule has 1 heterocycles. The van der Waals surface area contributed by atoms with E-state index in [2.05, 4.69) is 32.6 Å². The molecule has 1 aromatic heterocycles. The Labute approximate surface area is 101 Å². The molecule has 0 unspecified atom stereocenters. The minimum Gasteiger partial charge on any atom is -0.477 e. The second-order valence-corrected chi connectivity index (χ2v) is 5.53. The van der Waals surface area contributed by atoms with E-state index in [-0.39, 0.29) is 0 Å². The molecule has 0 amide bonds. The van der Waals surface area contributed by atoms with Crippen molar-refractivity contribution < 1.29 is 9.90 Å². The van der Waals surface area contributed by atoms with Crippen molar-refractivity contribution in [2.45, 2.75) is 33.7 Å². The summed E-state index contributed by atoms with van der Waals surface area (Å²) < 4.78 is 0. The molecule has 0 aliphatic heterocycles. The van der Waals surface area contributed by atoms with Crippen molar-refractivity contribution in [3.8, 4) is 0 Å². The molecule has 0 saturated heterocycles. The van der Waals surface area contributed by atoms with Crippen LogP contribution in [-0.4, -0.2) is 23.7 Å². The summed E-state index contributed by atoms with van der Waals surface area (Å²) in [7, 11) is 0. The predicted molar refractivity (Wildman–Crippen MR) is 68.6 cm³/mol. The summed E-state index contributed by atoms with van der Waals surface area (Å²) >= 11 is 1.29. The summed E-state index contributed by atoms with van der Waals surface area (Å²) in [5, 5.41) is 10.8. The highest BCUT2D eigenvalue weighted by molar-refractivity contribution is 7.12. The van der Waals surface area contributed by atoms with Crippen LogP contribution in [-0.2, 0) is 0 Å². The molecule has 0 aliphatic carbocycles. The second kappa shape index (κ2) is 5.34. The van der Waals surface area contributed by atoms with Gasteiger partial charge in [0.05, 0.1) is 0 Å². The van der Waals surface area contributed by atoms with Crippen LogP contribution < -0.4 is 4.90 Å². The van der Waals surface area contributed by atoms with E-state index in [1.165, 1.54) is 11.3 Å². The van der Waals surface area contributed by atoms with E-state index in [4.69, 9.17) is 5.11 Å². The standard InChI is InChI=1S/C12H19NO2S/c1-8(2)6-13(9(3)4)10-5-11(12(14)15)16-7-10/h5,7-9H,6H2,1-4H3,(H,14,15). The Kier molecular flexibility index (Phi) is 4.35. The third-order valence-electron chi connectivity index (χ3n) is 2.31. The maximum atomic E-state index is 10.8. The lowest BCUT2D eigenvalue weighted by molar-refractivity contribution is 0.0702. The number of rotatable bonds is 5. The Morgan fingerprint density at radius 1 is 1.44 bits per heavy atom. The molecule has 1 N–H and O–H groups in total. The smallest absolute Gasteiger partial charge is 0.345 e. The Bertz CT molecular complexity index is 358. The molecule has 0 aromatic carbocycles. The van der Waals surface area contributed by atoms with Crippen LogP contribution in [0.3, 0.4) is 0 Å². The summed E-state index contributed by atoms with van der Waals surface area (Å²) in [5.74, 6) is -0.278. The van der Waals surface area contributed by atoms with Crippen LogP contribution in [0.25, 0.3) is 0 Å². The highest BCUT2D eigenvalue weighted by Gasteiger charge is 2.15. The van der Waals surface area contributed by atoms with Crippen molar-refractivity contribution in [2.24, 2.45) is 5.92 Å². The van der Waals surface area contributed by atoms with E-state index in [1.807, 2.05) is 5.38 Å². The fraction of sp³-hybridized carbons (Fsp3) is 0.583. The van der Waals surface area contributed by atoms with Gasteiger partial charge in [-0.15, -0.1) is 11.3 Å². The van der Waals surface area contributed by atoms with E-state index in [1.54, 1.807) is 6.07 Å². The van der Waals surface area contributed by atoms with Gasteiger partial charge in [-0.05, 0) is 25.8 Å². The normalized spacial score (nSPS) is 11.1. The van der Waals surface area contributed by atoms with Crippen molar-refractivity contribution >= 4 is 23.0 Å². The molecule has 0 fully saturated rings. The van der Waals surface area contributed by atoms with Crippen LogP contribution in [0.2, 0.25) is 0 Å². The van der Waals surface area contributed by atoms with Gasteiger partial charge in [0.15, 0.2) is 0 Å². The highest BCUT2D eigenvalue weighted by atomic mass is 32.1. The first-order valence-electron chi connectivity index (χ1n) is 5.50. The third kappa shape index (κ3) is 3.23. The maximum Gasteiger partial charge on any atom is 0.345 e. The fourth-order valence-electron chi connectivity index (χ4n) is 1.60. The number of carboxylic acids is 1. The molecule has 1 aromatic rings. The van der Waals surface area contributed by atoms with Crippen LogP contribution in [0.4, 0.5) is 5.69 Å². The molecular weight excluding hydrogens is 222 g/mol. The topological polar surface area (TPSA) is 40.5 Å². The summed E-state index contributed by atoms with van der Waals surface area (Å²) in [4.78, 5) is 13.5. The van der Waals surface area contributed by atoms with Gasteiger partial charge in [-0.25, -0.2) is 4.79 Å². The first-order chi connectivity index (χ1) is 7.41. The zero-order chi connectivity index (χ0) is 12.3.